The predicted octanol–water partition coefficient (Wildman–Crippen LogP) is 2.02. The quantitative estimate of drug-likeness (QED) is 0.860. The molecule has 0 spiro atoms. The first-order chi connectivity index (χ1) is 12.1. The lowest BCUT2D eigenvalue weighted by atomic mass is 10.1. The van der Waals surface area contributed by atoms with Crippen molar-refractivity contribution in [1.82, 2.24) is 19.4 Å². The molecule has 0 aliphatic carbocycles. The molecule has 1 aromatic heterocycles. The van der Waals surface area contributed by atoms with E-state index in [1.165, 1.54) is 0 Å². The molecule has 2 amide bonds. The first-order valence-electron chi connectivity index (χ1n) is 8.81. The van der Waals surface area contributed by atoms with Gasteiger partial charge in [0.05, 0.1) is 23.6 Å². The van der Waals surface area contributed by atoms with E-state index < -0.39 is 0 Å². The number of imidazole rings is 1. The Morgan fingerprint density at radius 3 is 2.88 bits per heavy atom. The monoisotopic (exact) mass is 338 g/mol. The fourth-order valence-corrected chi connectivity index (χ4v) is 3.85. The summed E-state index contributed by atoms with van der Waals surface area (Å²) in [5, 5.41) is 0. The largest absolute Gasteiger partial charge is 0.338 e. The first kappa shape index (κ1) is 15.9. The maximum atomic E-state index is 13.1. The molecule has 130 valence electrons. The Kier molecular flexibility index (Phi) is 4.03. The van der Waals surface area contributed by atoms with E-state index in [0.717, 1.165) is 30.6 Å². The highest BCUT2D eigenvalue weighted by atomic mass is 16.2. The molecule has 1 unspecified atom stereocenters. The number of benzene rings is 1. The lowest BCUT2D eigenvalue weighted by Gasteiger charge is -2.24. The van der Waals surface area contributed by atoms with E-state index in [2.05, 4.69) is 4.98 Å². The average Bonchev–Trinajstić information content (AvgIpc) is 3.35. The van der Waals surface area contributed by atoms with E-state index in [1.807, 2.05) is 45.7 Å². The van der Waals surface area contributed by atoms with Crippen LogP contribution in [0.15, 0.2) is 36.9 Å². The minimum Gasteiger partial charge on any atom is -0.338 e. The lowest BCUT2D eigenvalue weighted by molar-refractivity contribution is -0.129. The molecule has 1 aromatic carbocycles. The highest BCUT2D eigenvalue weighted by Gasteiger charge is 2.35. The molecule has 6 heteroatoms. The minimum absolute atomic E-state index is 0.0292. The van der Waals surface area contributed by atoms with Crippen molar-refractivity contribution >= 4 is 11.8 Å². The van der Waals surface area contributed by atoms with Crippen molar-refractivity contribution in [2.24, 2.45) is 0 Å². The van der Waals surface area contributed by atoms with Crippen molar-refractivity contribution in [2.45, 2.75) is 32.2 Å². The van der Waals surface area contributed by atoms with Crippen molar-refractivity contribution in [1.29, 1.82) is 0 Å². The van der Waals surface area contributed by atoms with Gasteiger partial charge in [0.25, 0.3) is 5.91 Å². The Morgan fingerprint density at radius 1 is 1.28 bits per heavy atom. The molecule has 0 radical (unpaired) electrons. The molecule has 6 nitrogen and oxygen atoms in total. The van der Waals surface area contributed by atoms with Gasteiger partial charge in [-0.1, -0.05) is 11.6 Å². The lowest BCUT2D eigenvalue weighted by Crippen LogP contribution is -2.39. The summed E-state index contributed by atoms with van der Waals surface area (Å²) in [5.74, 6) is 0.260. The number of likely N-dealkylation sites (tertiary alicyclic amines) is 2. The van der Waals surface area contributed by atoms with Gasteiger partial charge in [0.2, 0.25) is 5.91 Å². The number of carbonyl (C=O) groups excluding carboxylic acids is 2. The second kappa shape index (κ2) is 6.35. The number of rotatable bonds is 3. The van der Waals surface area contributed by atoms with Crippen molar-refractivity contribution in [3.8, 4) is 5.69 Å². The fourth-order valence-electron chi connectivity index (χ4n) is 3.85. The summed E-state index contributed by atoms with van der Waals surface area (Å²) >= 11 is 0. The van der Waals surface area contributed by atoms with E-state index in [-0.39, 0.29) is 17.9 Å². The predicted molar refractivity (Wildman–Crippen MR) is 93.6 cm³/mol. The van der Waals surface area contributed by atoms with Crippen LogP contribution < -0.4 is 0 Å². The number of hydrogen-bond acceptors (Lipinski definition) is 3. The summed E-state index contributed by atoms with van der Waals surface area (Å²) < 4.78 is 1.87. The number of aryl methyl sites for hydroxylation is 1. The Bertz CT molecular complexity index is 800. The second-order valence-electron chi connectivity index (χ2n) is 6.87. The zero-order chi connectivity index (χ0) is 17.4. The maximum absolute atomic E-state index is 13.1. The molecule has 0 bridgehead atoms. The zero-order valence-electron chi connectivity index (χ0n) is 14.4. The standard InChI is InChI=1S/C19H22N4O2/c1-14-4-5-17(22-10-7-20-13-22)16(11-14)19(25)21-9-6-15(12-21)23-8-2-3-18(23)24/h4-5,7,10-11,13,15H,2-3,6,8-9,12H2,1H3. The highest BCUT2D eigenvalue weighted by Crippen LogP contribution is 2.25. The number of carbonyl (C=O) groups is 2. The van der Waals surface area contributed by atoms with Gasteiger partial charge in [-0.25, -0.2) is 4.98 Å². The van der Waals surface area contributed by atoms with Gasteiger partial charge >= 0.3 is 0 Å². The fraction of sp³-hybridized carbons (Fsp3) is 0.421. The van der Waals surface area contributed by atoms with Crippen LogP contribution in [0, 0.1) is 6.92 Å². The smallest absolute Gasteiger partial charge is 0.256 e. The minimum atomic E-state index is 0.0292. The molecule has 0 saturated carbocycles. The normalized spacial score (nSPS) is 20.5. The molecule has 2 saturated heterocycles. The third-order valence-corrected chi connectivity index (χ3v) is 5.17. The third kappa shape index (κ3) is 2.92. The Morgan fingerprint density at radius 2 is 2.16 bits per heavy atom. The molecular formula is C19H22N4O2. The van der Waals surface area contributed by atoms with Crippen LogP contribution >= 0.6 is 0 Å². The van der Waals surface area contributed by atoms with Crippen LogP contribution in [0.2, 0.25) is 0 Å². The van der Waals surface area contributed by atoms with Gasteiger partial charge in [0, 0.05) is 38.4 Å². The Balaban J connectivity index is 1.57. The summed E-state index contributed by atoms with van der Waals surface area (Å²) in [5.41, 5.74) is 2.58. The van der Waals surface area contributed by atoms with Gasteiger partial charge < -0.3 is 14.4 Å². The number of amides is 2. The molecule has 3 heterocycles. The van der Waals surface area contributed by atoms with Crippen LogP contribution in [0.4, 0.5) is 0 Å². The molecule has 2 aromatic rings. The summed E-state index contributed by atoms with van der Waals surface area (Å²) in [6, 6.07) is 6.07. The molecule has 4 rings (SSSR count). The Hall–Kier alpha value is -2.63. The van der Waals surface area contributed by atoms with E-state index >= 15 is 0 Å². The van der Waals surface area contributed by atoms with Crippen molar-refractivity contribution in [3.05, 3.63) is 48.0 Å². The summed E-state index contributed by atoms with van der Waals surface area (Å²) in [4.78, 5) is 33.0. The van der Waals surface area contributed by atoms with Crippen LogP contribution in [0.25, 0.3) is 5.69 Å². The van der Waals surface area contributed by atoms with Crippen molar-refractivity contribution in [3.63, 3.8) is 0 Å². The van der Waals surface area contributed by atoms with Crippen LogP contribution in [0.3, 0.4) is 0 Å². The van der Waals surface area contributed by atoms with Crippen LogP contribution in [0.5, 0.6) is 0 Å². The van der Waals surface area contributed by atoms with Crippen LogP contribution in [-0.2, 0) is 4.79 Å². The SMILES string of the molecule is Cc1ccc(-n2ccnc2)c(C(=O)N2CCC(N3CCCC3=O)C2)c1. The number of nitrogens with zero attached hydrogens (tertiary/aromatic N) is 4. The van der Waals surface area contributed by atoms with Gasteiger partial charge in [0.15, 0.2) is 0 Å². The molecule has 2 fully saturated rings. The maximum Gasteiger partial charge on any atom is 0.256 e. The number of hydrogen-bond donors (Lipinski definition) is 0. The van der Waals surface area contributed by atoms with Gasteiger partial charge in [-0.05, 0) is 31.9 Å². The molecular weight excluding hydrogens is 316 g/mol. The molecule has 25 heavy (non-hydrogen) atoms. The molecule has 2 aliphatic rings. The van der Waals surface area contributed by atoms with Crippen LogP contribution in [0.1, 0.15) is 35.2 Å². The second-order valence-corrected chi connectivity index (χ2v) is 6.87. The van der Waals surface area contributed by atoms with Crippen molar-refractivity contribution in [2.75, 3.05) is 19.6 Å². The van der Waals surface area contributed by atoms with E-state index in [9.17, 15) is 9.59 Å². The summed E-state index contributed by atoms with van der Waals surface area (Å²) in [6.45, 7) is 4.15. The average molecular weight is 338 g/mol. The third-order valence-electron chi connectivity index (χ3n) is 5.17. The topological polar surface area (TPSA) is 58.4 Å². The molecule has 2 aliphatic heterocycles. The highest BCUT2D eigenvalue weighted by molar-refractivity contribution is 5.98. The van der Waals surface area contributed by atoms with Gasteiger partial charge in [0.1, 0.15) is 0 Å². The zero-order valence-corrected chi connectivity index (χ0v) is 14.4. The van der Waals surface area contributed by atoms with E-state index in [1.54, 1.807) is 12.5 Å². The van der Waals surface area contributed by atoms with Gasteiger partial charge in [-0.2, -0.15) is 0 Å². The van der Waals surface area contributed by atoms with E-state index in [4.69, 9.17) is 0 Å². The molecule has 0 N–H and O–H groups in total. The van der Waals surface area contributed by atoms with Crippen molar-refractivity contribution < 1.29 is 9.59 Å². The molecule has 1 atom stereocenters. The first-order valence-corrected chi connectivity index (χ1v) is 8.81. The Labute approximate surface area is 147 Å². The van der Waals surface area contributed by atoms with Gasteiger partial charge in [-0.3, -0.25) is 9.59 Å². The summed E-state index contributed by atoms with van der Waals surface area (Å²) in [7, 11) is 0. The van der Waals surface area contributed by atoms with E-state index in [0.29, 0.717) is 25.1 Å². The van der Waals surface area contributed by atoms with Gasteiger partial charge in [-0.15, -0.1) is 0 Å². The van der Waals surface area contributed by atoms with Crippen LogP contribution in [-0.4, -0.2) is 56.8 Å². The summed E-state index contributed by atoms with van der Waals surface area (Å²) in [6.07, 6.45) is 7.70. The number of aromatic nitrogens is 2.